The normalized spacial score (nSPS) is 20.8. The summed E-state index contributed by atoms with van der Waals surface area (Å²) in [7, 11) is 0. The molecule has 0 aliphatic carbocycles. The minimum absolute atomic E-state index is 0.00845. The number of nitrogens with zero attached hydrogens (tertiary/aromatic N) is 3. The summed E-state index contributed by atoms with van der Waals surface area (Å²) < 4.78 is 11.3. The molecule has 1 atom stereocenters. The van der Waals surface area contributed by atoms with Crippen LogP contribution in [0.25, 0.3) is 0 Å². The molecule has 0 amide bonds. The highest BCUT2D eigenvalue weighted by atomic mass is 16.5. The van der Waals surface area contributed by atoms with Crippen molar-refractivity contribution in [3.8, 4) is 0 Å². The Balaban J connectivity index is 1.79. The molecule has 1 aliphatic heterocycles. The summed E-state index contributed by atoms with van der Waals surface area (Å²) in [5.74, 6) is 0.735. The SMILES string of the molecule is CC(C)(C)c1coc(C2COCCN2Cc2cnc[nH]2)n1. The molecule has 1 unspecified atom stereocenters. The van der Waals surface area contributed by atoms with E-state index in [4.69, 9.17) is 9.15 Å². The van der Waals surface area contributed by atoms with Crippen molar-refractivity contribution in [2.45, 2.75) is 38.8 Å². The number of H-pyrrole nitrogens is 1. The number of oxazole rings is 1. The van der Waals surface area contributed by atoms with Gasteiger partial charge in [-0.05, 0) is 0 Å². The third-order valence-electron chi connectivity index (χ3n) is 3.74. The molecule has 0 radical (unpaired) electrons. The molecule has 2 aromatic rings. The fourth-order valence-corrected chi connectivity index (χ4v) is 2.43. The van der Waals surface area contributed by atoms with Crippen molar-refractivity contribution in [3.05, 3.63) is 36.1 Å². The van der Waals surface area contributed by atoms with Crippen molar-refractivity contribution in [2.24, 2.45) is 0 Å². The molecule has 1 N–H and O–H groups in total. The number of ether oxygens (including phenoxy) is 1. The second kappa shape index (κ2) is 5.61. The number of aromatic amines is 1. The number of nitrogens with one attached hydrogen (secondary N) is 1. The van der Waals surface area contributed by atoms with E-state index in [0.717, 1.165) is 37.0 Å². The monoisotopic (exact) mass is 290 g/mol. The van der Waals surface area contributed by atoms with Gasteiger partial charge in [0.1, 0.15) is 12.3 Å². The second-order valence-corrected chi connectivity index (χ2v) is 6.46. The topological polar surface area (TPSA) is 67.2 Å². The van der Waals surface area contributed by atoms with Gasteiger partial charge in [0.15, 0.2) is 0 Å². The summed E-state index contributed by atoms with van der Waals surface area (Å²) in [5, 5.41) is 0. The second-order valence-electron chi connectivity index (χ2n) is 6.46. The largest absolute Gasteiger partial charge is 0.447 e. The van der Waals surface area contributed by atoms with Crippen LogP contribution in [0.3, 0.4) is 0 Å². The highest BCUT2D eigenvalue weighted by Crippen LogP contribution is 2.28. The molecule has 1 fully saturated rings. The van der Waals surface area contributed by atoms with E-state index in [1.54, 1.807) is 12.6 Å². The first-order chi connectivity index (χ1) is 10.0. The van der Waals surface area contributed by atoms with Crippen LogP contribution in [0.1, 0.15) is 44.1 Å². The first kappa shape index (κ1) is 14.3. The van der Waals surface area contributed by atoms with Gasteiger partial charge in [0.25, 0.3) is 0 Å². The highest BCUT2D eigenvalue weighted by molar-refractivity contribution is 5.10. The summed E-state index contributed by atoms with van der Waals surface area (Å²) in [6.07, 6.45) is 5.31. The minimum Gasteiger partial charge on any atom is -0.447 e. The lowest BCUT2D eigenvalue weighted by molar-refractivity contribution is -0.0228. The number of hydrogen-bond donors (Lipinski definition) is 1. The molecule has 3 rings (SSSR count). The average Bonchev–Trinajstić information content (AvgIpc) is 3.09. The molecule has 0 bridgehead atoms. The Morgan fingerprint density at radius 1 is 1.43 bits per heavy atom. The van der Waals surface area contributed by atoms with Crippen LogP contribution >= 0.6 is 0 Å². The molecule has 6 heteroatoms. The molecule has 21 heavy (non-hydrogen) atoms. The van der Waals surface area contributed by atoms with Crippen molar-refractivity contribution in [2.75, 3.05) is 19.8 Å². The van der Waals surface area contributed by atoms with Crippen molar-refractivity contribution in [1.29, 1.82) is 0 Å². The lowest BCUT2D eigenvalue weighted by Gasteiger charge is -2.33. The molecule has 1 saturated heterocycles. The molecule has 0 saturated carbocycles. The summed E-state index contributed by atoms with van der Waals surface area (Å²) in [6, 6.07) is 0.0538. The van der Waals surface area contributed by atoms with Gasteiger partial charge in [0.2, 0.25) is 5.89 Å². The third-order valence-corrected chi connectivity index (χ3v) is 3.74. The quantitative estimate of drug-likeness (QED) is 0.939. The van der Waals surface area contributed by atoms with Gasteiger partial charge < -0.3 is 14.1 Å². The van der Waals surface area contributed by atoms with Crippen LogP contribution in [0.5, 0.6) is 0 Å². The van der Waals surface area contributed by atoms with E-state index >= 15 is 0 Å². The van der Waals surface area contributed by atoms with E-state index in [-0.39, 0.29) is 11.5 Å². The van der Waals surface area contributed by atoms with E-state index < -0.39 is 0 Å². The Hall–Kier alpha value is -1.66. The summed E-state index contributed by atoms with van der Waals surface area (Å²) in [6.45, 7) is 9.39. The van der Waals surface area contributed by atoms with E-state index in [0.29, 0.717) is 6.61 Å². The zero-order valence-electron chi connectivity index (χ0n) is 12.8. The Morgan fingerprint density at radius 3 is 2.95 bits per heavy atom. The molecule has 114 valence electrons. The van der Waals surface area contributed by atoms with Crippen LogP contribution in [0.15, 0.2) is 23.2 Å². The molecule has 3 heterocycles. The Kier molecular flexibility index (Phi) is 3.82. The lowest BCUT2D eigenvalue weighted by Crippen LogP contribution is -2.39. The first-order valence-corrected chi connectivity index (χ1v) is 7.29. The smallest absolute Gasteiger partial charge is 0.214 e. The van der Waals surface area contributed by atoms with E-state index in [1.807, 2.05) is 6.20 Å². The highest BCUT2D eigenvalue weighted by Gasteiger charge is 2.30. The van der Waals surface area contributed by atoms with Crippen LogP contribution in [0, 0.1) is 0 Å². The van der Waals surface area contributed by atoms with Crippen molar-refractivity contribution >= 4 is 0 Å². The van der Waals surface area contributed by atoms with Crippen molar-refractivity contribution in [1.82, 2.24) is 19.9 Å². The molecular formula is C15H22N4O2. The summed E-state index contributed by atoms with van der Waals surface area (Å²) in [4.78, 5) is 14.2. The van der Waals surface area contributed by atoms with Crippen LogP contribution in [-0.2, 0) is 16.7 Å². The maximum absolute atomic E-state index is 5.72. The zero-order valence-corrected chi connectivity index (χ0v) is 12.8. The average molecular weight is 290 g/mol. The Bertz CT molecular complexity index is 571. The van der Waals surface area contributed by atoms with Gasteiger partial charge in [-0.15, -0.1) is 0 Å². The Morgan fingerprint density at radius 2 is 2.29 bits per heavy atom. The number of morpholine rings is 1. The molecule has 0 aromatic carbocycles. The van der Waals surface area contributed by atoms with Crippen LogP contribution in [0.2, 0.25) is 0 Å². The Labute approximate surface area is 124 Å². The molecule has 6 nitrogen and oxygen atoms in total. The number of hydrogen-bond acceptors (Lipinski definition) is 5. The maximum Gasteiger partial charge on any atom is 0.214 e. The number of imidazole rings is 1. The van der Waals surface area contributed by atoms with E-state index in [2.05, 4.69) is 40.6 Å². The first-order valence-electron chi connectivity index (χ1n) is 7.29. The van der Waals surface area contributed by atoms with Crippen molar-refractivity contribution in [3.63, 3.8) is 0 Å². The minimum atomic E-state index is -0.00845. The fraction of sp³-hybridized carbons (Fsp3) is 0.600. The molecule has 0 spiro atoms. The summed E-state index contributed by atoms with van der Waals surface area (Å²) >= 11 is 0. The number of rotatable bonds is 3. The maximum atomic E-state index is 5.72. The van der Waals surface area contributed by atoms with Crippen LogP contribution in [-0.4, -0.2) is 39.6 Å². The van der Waals surface area contributed by atoms with Gasteiger partial charge in [0, 0.05) is 30.4 Å². The summed E-state index contributed by atoms with van der Waals surface area (Å²) in [5.41, 5.74) is 2.06. The van der Waals surface area contributed by atoms with Crippen LogP contribution in [0.4, 0.5) is 0 Å². The van der Waals surface area contributed by atoms with Gasteiger partial charge >= 0.3 is 0 Å². The van der Waals surface area contributed by atoms with Gasteiger partial charge in [-0.3, -0.25) is 4.90 Å². The standard InChI is InChI=1S/C15H22N4O2/c1-15(2,3)13-9-21-14(18-13)12-8-20-5-4-19(12)7-11-6-16-10-17-11/h6,9-10,12H,4-5,7-8H2,1-3H3,(H,16,17). The van der Waals surface area contributed by atoms with Crippen molar-refractivity contribution < 1.29 is 9.15 Å². The predicted octanol–water partition coefficient (Wildman–Crippen LogP) is 2.27. The third kappa shape index (κ3) is 3.16. The lowest BCUT2D eigenvalue weighted by atomic mass is 9.93. The molecular weight excluding hydrogens is 268 g/mol. The fourth-order valence-electron chi connectivity index (χ4n) is 2.43. The van der Waals surface area contributed by atoms with Gasteiger partial charge in [-0.2, -0.15) is 0 Å². The van der Waals surface area contributed by atoms with Gasteiger partial charge in [0.05, 0.1) is 25.2 Å². The van der Waals surface area contributed by atoms with Gasteiger partial charge in [-0.25, -0.2) is 9.97 Å². The van der Waals surface area contributed by atoms with E-state index in [1.165, 1.54) is 0 Å². The zero-order chi connectivity index (χ0) is 14.9. The predicted molar refractivity (Wildman–Crippen MR) is 77.8 cm³/mol. The van der Waals surface area contributed by atoms with Crippen LogP contribution < -0.4 is 0 Å². The number of aromatic nitrogens is 3. The molecule has 2 aromatic heterocycles. The van der Waals surface area contributed by atoms with Gasteiger partial charge in [-0.1, -0.05) is 20.8 Å². The molecule has 1 aliphatic rings. The van der Waals surface area contributed by atoms with E-state index in [9.17, 15) is 0 Å².